The van der Waals surface area contributed by atoms with E-state index < -0.39 is 0 Å². The summed E-state index contributed by atoms with van der Waals surface area (Å²) in [6.07, 6.45) is 2.59. The van der Waals surface area contributed by atoms with Crippen LogP contribution in [0.1, 0.15) is 0 Å². The van der Waals surface area contributed by atoms with E-state index in [4.69, 9.17) is 0 Å². The molecule has 0 aliphatic rings. The first-order chi connectivity index (χ1) is 6.43. The molecular weight excluding hydrogens is 166 g/mol. The van der Waals surface area contributed by atoms with Crippen LogP contribution in [0.2, 0.25) is 0 Å². The van der Waals surface area contributed by atoms with E-state index in [9.17, 15) is 4.79 Å². The van der Waals surface area contributed by atoms with Crippen molar-refractivity contribution in [2.75, 3.05) is 25.0 Å². The van der Waals surface area contributed by atoms with E-state index in [0.29, 0.717) is 6.54 Å². The number of rotatable bonds is 6. The number of nitrogens with zero attached hydrogens (tertiary/aromatic N) is 1. The van der Waals surface area contributed by atoms with E-state index in [0.717, 1.165) is 25.2 Å². The highest BCUT2D eigenvalue weighted by molar-refractivity contribution is 5.51. The highest BCUT2D eigenvalue weighted by Crippen LogP contribution is 1.97. The summed E-state index contributed by atoms with van der Waals surface area (Å²) in [6, 6.07) is 5.70. The zero-order chi connectivity index (χ0) is 9.36. The van der Waals surface area contributed by atoms with Gasteiger partial charge in [-0.15, -0.1) is 0 Å². The van der Waals surface area contributed by atoms with Crippen molar-refractivity contribution in [1.29, 1.82) is 0 Å². The number of pyridine rings is 1. The third kappa shape index (κ3) is 4.22. The van der Waals surface area contributed by atoms with Gasteiger partial charge in [-0.3, -0.25) is 0 Å². The van der Waals surface area contributed by atoms with Crippen LogP contribution in [-0.4, -0.2) is 30.9 Å². The molecule has 0 saturated heterocycles. The molecule has 0 fully saturated rings. The molecule has 0 bridgehead atoms. The fourth-order valence-corrected chi connectivity index (χ4v) is 0.907. The van der Waals surface area contributed by atoms with Gasteiger partial charge in [0.1, 0.15) is 12.1 Å². The van der Waals surface area contributed by atoms with E-state index in [1.807, 2.05) is 18.2 Å². The fourth-order valence-electron chi connectivity index (χ4n) is 0.907. The van der Waals surface area contributed by atoms with Crippen LogP contribution < -0.4 is 10.6 Å². The molecule has 1 aromatic rings. The van der Waals surface area contributed by atoms with Gasteiger partial charge < -0.3 is 15.4 Å². The second-order valence-corrected chi connectivity index (χ2v) is 2.51. The van der Waals surface area contributed by atoms with Crippen LogP contribution in [-0.2, 0) is 4.79 Å². The Balaban J connectivity index is 2.10. The van der Waals surface area contributed by atoms with Crippen molar-refractivity contribution in [3.63, 3.8) is 0 Å². The minimum atomic E-state index is 0.407. The number of aldehydes is 1. The van der Waals surface area contributed by atoms with Gasteiger partial charge in [-0.1, -0.05) is 6.07 Å². The summed E-state index contributed by atoms with van der Waals surface area (Å²) in [7, 11) is 0. The number of hydrogen-bond donors (Lipinski definition) is 2. The lowest BCUT2D eigenvalue weighted by atomic mass is 10.4. The normalized spacial score (nSPS) is 9.54. The van der Waals surface area contributed by atoms with E-state index >= 15 is 0 Å². The molecule has 1 rings (SSSR count). The van der Waals surface area contributed by atoms with Crippen molar-refractivity contribution < 1.29 is 4.79 Å². The van der Waals surface area contributed by atoms with Crippen LogP contribution in [0.4, 0.5) is 5.82 Å². The fraction of sp³-hybridized carbons (Fsp3) is 0.333. The lowest BCUT2D eigenvalue weighted by Crippen LogP contribution is -2.23. The average molecular weight is 179 g/mol. The summed E-state index contributed by atoms with van der Waals surface area (Å²) < 4.78 is 0. The Morgan fingerprint density at radius 2 is 2.31 bits per heavy atom. The Bertz CT molecular complexity index is 238. The van der Waals surface area contributed by atoms with Crippen molar-refractivity contribution in [2.45, 2.75) is 0 Å². The molecule has 0 saturated carbocycles. The molecule has 4 heteroatoms. The average Bonchev–Trinajstić information content (AvgIpc) is 2.19. The van der Waals surface area contributed by atoms with Gasteiger partial charge in [0, 0.05) is 19.3 Å². The summed E-state index contributed by atoms with van der Waals surface area (Å²) in [6.45, 7) is 1.93. The number of carbonyl (C=O) groups excluding carboxylic acids is 1. The van der Waals surface area contributed by atoms with Gasteiger partial charge in [-0.05, 0) is 12.1 Å². The maximum atomic E-state index is 9.94. The van der Waals surface area contributed by atoms with Crippen LogP contribution in [0.5, 0.6) is 0 Å². The highest BCUT2D eigenvalue weighted by Gasteiger charge is 1.89. The second kappa shape index (κ2) is 6.14. The lowest BCUT2D eigenvalue weighted by molar-refractivity contribution is -0.107. The van der Waals surface area contributed by atoms with Crippen molar-refractivity contribution in [2.24, 2.45) is 0 Å². The van der Waals surface area contributed by atoms with Crippen LogP contribution >= 0.6 is 0 Å². The maximum absolute atomic E-state index is 9.94. The Hall–Kier alpha value is -1.42. The van der Waals surface area contributed by atoms with Gasteiger partial charge in [0.25, 0.3) is 0 Å². The van der Waals surface area contributed by atoms with Crippen LogP contribution in [0, 0.1) is 0 Å². The van der Waals surface area contributed by atoms with E-state index in [-0.39, 0.29) is 0 Å². The lowest BCUT2D eigenvalue weighted by Gasteiger charge is -2.04. The standard InChI is InChI=1S/C9H13N3O/c13-8-7-10-5-6-12-9-3-1-2-4-11-9/h1-4,8,10H,5-7H2,(H,11,12). The number of nitrogens with one attached hydrogen (secondary N) is 2. The summed E-state index contributed by atoms with van der Waals surface area (Å²) in [5, 5.41) is 6.06. The smallest absolute Gasteiger partial charge is 0.133 e. The molecular formula is C9H13N3O. The van der Waals surface area contributed by atoms with E-state index in [1.165, 1.54) is 0 Å². The zero-order valence-corrected chi connectivity index (χ0v) is 7.36. The summed E-state index contributed by atoms with van der Waals surface area (Å²) in [4.78, 5) is 14.0. The highest BCUT2D eigenvalue weighted by atomic mass is 16.1. The first kappa shape index (κ1) is 9.67. The first-order valence-corrected chi connectivity index (χ1v) is 4.23. The van der Waals surface area contributed by atoms with Crippen molar-refractivity contribution in [1.82, 2.24) is 10.3 Å². The Morgan fingerprint density at radius 1 is 1.38 bits per heavy atom. The molecule has 0 aliphatic carbocycles. The topological polar surface area (TPSA) is 54.0 Å². The molecule has 0 aliphatic heterocycles. The van der Waals surface area contributed by atoms with Crippen LogP contribution in [0.3, 0.4) is 0 Å². The molecule has 13 heavy (non-hydrogen) atoms. The van der Waals surface area contributed by atoms with Gasteiger partial charge in [0.05, 0.1) is 6.54 Å². The van der Waals surface area contributed by atoms with Gasteiger partial charge >= 0.3 is 0 Å². The minimum absolute atomic E-state index is 0.407. The molecule has 0 atom stereocenters. The van der Waals surface area contributed by atoms with Crippen molar-refractivity contribution in [3.05, 3.63) is 24.4 Å². The first-order valence-electron chi connectivity index (χ1n) is 4.23. The summed E-state index contributed by atoms with van der Waals surface area (Å²) >= 11 is 0. The van der Waals surface area contributed by atoms with Crippen molar-refractivity contribution >= 4 is 12.1 Å². The third-order valence-corrected chi connectivity index (χ3v) is 1.50. The van der Waals surface area contributed by atoms with E-state index in [2.05, 4.69) is 15.6 Å². The molecule has 2 N–H and O–H groups in total. The Labute approximate surface area is 77.4 Å². The molecule has 0 unspecified atom stereocenters. The predicted molar refractivity (Wildman–Crippen MR) is 51.7 cm³/mol. The quantitative estimate of drug-likeness (QED) is 0.486. The predicted octanol–water partition coefficient (Wildman–Crippen LogP) is 0.282. The van der Waals surface area contributed by atoms with Gasteiger partial charge in [-0.25, -0.2) is 4.98 Å². The van der Waals surface area contributed by atoms with Crippen LogP contribution in [0.25, 0.3) is 0 Å². The molecule has 0 amide bonds. The number of aromatic nitrogens is 1. The van der Waals surface area contributed by atoms with Gasteiger partial charge in [0.15, 0.2) is 0 Å². The zero-order valence-electron chi connectivity index (χ0n) is 7.36. The summed E-state index contributed by atoms with van der Waals surface area (Å²) in [5.41, 5.74) is 0. The van der Waals surface area contributed by atoms with Crippen molar-refractivity contribution in [3.8, 4) is 0 Å². The van der Waals surface area contributed by atoms with Crippen LogP contribution in [0.15, 0.2) is 24.4 Å². The molecule has 70 valence electrons. The number of hydrogen-bond acceptors (Lipinski definition) is 4. The SMILES string of the molecule is O=CCNCCNc1ccccn1. The second-order valence-electron chi connectivity index (χ2n) is 2.51. The van der Waals surface area contributed by atoms with E-state index in [1.54, 1.807) is 6.20 Å². The number of anilines is 1. The molecule has 4 nitrogen and oxygen atoms in total. The minimum Gasteiger partial charge on any atom is -0.369 e. The largest absolute Gasteiger partial charge is 0.369 e. The molecule has 1 heterocycles. The van der Waals surface area contributed by atoms with Gasteiger partial charge in [0.2, 0.25) is 0 Å². The molecule has 1 aromatic heterocycles. The number of carbonyl (C=O) groups is 1. The summed E-state index contributed by atoms with van der Waals surface area (Å²) in [5.74, 6) is 0.857. The molecule has 0 radical (unpaired) electrons. The van der Waals surface area contributed by atoms with Gasteiger partial charge in [-0.2, -0.15) is 0 Å². The third-order valence-electron chi connectivity index (χ3n) is 1.50. The Morgan fingerprint density at radius 3 is 3.00 bits per heavy atom. The Kier molecular flexibility index (Phi) is 4.56. The monoisotopic (exact) mass is 179 g/mol. The maximum Gasteiger partial charge on any atom is 0.133 e. The molecule has 0 spiro atoms. The molecule has 0 aromatic carbocycles.